The third kappa shape index (κ3) is 3.77. The van der Waals surface area contributed by atoms with E-state index in [1.165, 1.54) is 33.3 Å². The van der Waals surface area contributed by atoms with Gasteiger partial charge in [-0.2, -0.15) is 0 Å². The Morgan fingerprint density at radius 3 is 2.43 bits per heavy atom. The number of rotatable bonds is 5. The predicted octanol–water partition coefficient (Wildman–Crippen LogP) is 0.199. The number of cyclic esters (lactones) is 1. The number of carbonyl (C=O) groups excluding carboxylic acids is 2. The van der Waals surface area contributed by atoms with Crippen LogP contribution in [-0.4, -0.2) is 84.8 Å². The van der Waals surface area contributed by atoms with Gasteiger partial charge in [0.1, 0.15) is 23.4 Å². The first-order valence-corrected chi connectivity index (χ1v) is 12.5. The molecule has 0 spiro atoms. The Labute approximate surface area is 215 Å². The fourth-order valence-corrected chi connectivity index (χ4v) is 7.89. The molecule has 6 N–H and O–H groups in total. The van der Waals surface area contributed by atoms with E-state index in [1.54, 1.807) is 13.0 Å². The first-order chi connectivity index (χ1) is 17.0. The van der Waals surface area contributed by atoms with Crippen LogP contribution in [0.15, 0.2) is 23.0 Å². The number of hydrogen-bond acceptors (Lipinski definition) is 11. The lowest BCUT2D eigenvalue weighted by molar-refractivity contribution is -0.370. The average molecular weight is 527 g/mol. The molecule has 2 aliphatic carbocycles. The number of furan rings is 1. The number of esters is 2. The Hall–Kier alpha value is -2.02. The van der Waals surface area contributed by atoms with Gasteiger partial charge >= 0.3 is 11.9 Å². The van der Waals surface area contributed by atoms with Gasteiger partial charge in [0.05, 0.1) is 37.8 Å². The van der Waals surface area contributed by atoms with E-state index in [4.69, 9.17) is 13.9 Å². The van der Waals surface area contributed by atoms with Gasteiger partial charge in [0.15, 0.2) is 6.10 Å². The van der Waals surface area contributed by atoms with Gasteiger partial charge < -0.3 is 44.5 Å². The summed E-state index contributed by atoms with van der Waals surface area (Å²) in [6.45, 7) is 6.10. The smallest absolute Gasteiger partial charge is 0.335 e. The van der Waals surface area contributed by atoms with Gasteiger partial charge in [-0.1, -0.05) is 13.8 Å². The fourth-order valence-electron chi connectivity index (χ4n) is 7.89. The molecule has 0 radical (unpaired) electrons. The van der Waals surface area contributed by atoms with Gasteiger partial charge in [0, 0.05) is 22.3 Å². The molecular weight excluding hydrogens is 488 g/mol. The minimum atomic E-state index is -2.56. The van der Waals surface area contributed by atoms with Crippen LogP contribution in [0, 0.1) is 22.7 Å². The molecule has 3 fully saturated rings. The van der Waals surface area contributed by atoms with Gasteiger partial charge in [-0.3, -0.25) is 4.79 Å². The monoisotopic (exact) mass is 526 g/mol. The Morgan fingerprint density at radius 1 is 1.24 bits per heavy atom. The molecule has 0 aromatic carbocycles. The zero-order chi connectivity index (χ0) is 27.8. The van der Waals surface area contributed by atoms with Crippen LogP contribution in [0.25, 0.3) is 0 Å². The maximum atomic E-state index is 12.8. The van der Waals surface area contributed by atoms with Crippen LogP contribution in [0.2, 0.25) is 0 Å². The van der Waals surface area contributed by atoms with Crippen molar-refractivity contribution in [3.05, 3.63) is 24.2 Å². The Morgan fingerprint density at radius 2 is 1.89 bits per heavy atom. The Kier molecular flexibility index (Phi) is 6.62. The van der Waals surface area contributed by atoms with Crippen molar-refractivity contribution in [2.24, 2.45) is 22.7 Å². The highest BCUT2D eigenvalue weighted by Gasteiger charge is 2.79. The molecule has 3 aliphatic rings. The SMILES string of the molecule is COC(=O)[C@H](O)[C@@H]1[C@@H]2CC[C@@]3(C)[C@H](c4ccoc4)OC(=O)C[C@]3(O)[C@@]2(O)[C@@H](O)[C@H](O)[C@]1(C)CC(C)(C)O. The van der Waals surface area contributed by atoms with Gasteiger partial charge in [0.25, 0.3) is 0 Å². The van der Waals surface area contributed by atoms with E-state index in [0.717, 1.165) is 7.11 Å². The van der Waals surface area contributed by atoms with Crippen LogP contribution < -0.4 is 0 Å². The van der Waals surface area contributed by atoms with E-state index in [0.29, 0.717) is 5.56 Å². The Balaban J connectivity index is 1.92. The number of fused-ring (bicyclic) bond motifs is 3. The van der Waals surface area contributed by atoms with Gasteiger partial charge in [-0.25, -0.2) is 4.79 Å². The van der Waals surface area contributed by atoms with Crippen molar-refractivity contribution in [1.29, 1.82) is 0 Å². The molecule has 1 saturated heterocycles. The zero-order valence-corrected chi connectivity index (χ0v) is 21.7. The van der Waals surface area contributed by atoms with Crippen LogP contribution in [0.4, 0.5) is 0 Å². The quantitative estimate of drug-likeness (QED) is 0.288. The molecule has 10 atom stereocenters. The maximum Gasteiger partial charge on any atom is 0.335 e. The molecule has 2 saturated carbocycles. The number of methoxy groups -OCH3 is 1. The molecule has 0 bridgehead atoms. The molecule has 1 aromatic heterocycles. The van der Waals surface area contributed by atoms with Crippen LogP contribution in [-0.2, 0) is 19.1 Å². The lowest BCUT2D eigenvalue weighted by atomic mass is 9.40. The second kappa shape index (κ2) is 8.75. The first kappa shape index (κ1) is 28.0. The number of aliphatic hydroxyl groups excluding tert-OH is 3. The highest BCUT2D eigenvalue weighted by Crippen LogP contribution is 2.68. The molecule has 4 rings (SSSR count). The highest BCUT2D eigenvalue weighted by molar-refractivity contribution is 5.75. The lowest BCUT2D eigenvalue weighted by Crippen LogP contribution is -2.83. The van der Waals surface area contributed by atoms with Crippen molar-refractivity contribution in [2.45, 2.75) is 94.6 Å². The first-order valence-electron chi connectivity index (χ1n) is 12.5. The average Bonchev–Trinajstić information content (AvgIpc) is 3.33. The standard InChI is InChI=1S/C26H38O11/c1-22(2,32)12-23(3)16(17(28)21(31)35-5)14-6-8-24(4)20(13-7-9-36-11-13)37-15(27)10-25(24,33)26(14,34)19(30)18(23)29/h7,9,11,14,16-20,28-30,32-34H,6,8,10,12H2,1-5H3/t14-,16-,17+,18-,19-,20-,23+,24-,25+,26-/m0/s1. The van der Waals surface area contributed by atoms with Crippen molar-refractivity contribution < 1.29 is 54.1 Å². The van der Waals surface area contributed by atoms with Crippen molar-refractivity contribution in [3.63, 3.8) is 0 Å². The van der Waals surface area contributed by atoms with Gasteiger partial charge in [0.2, 0.25) is 0 Å². The highest BCUT2D eigenvalue weighted by atomic mass is 16.6. The third-order valence-electron chi connectivity index (χ3n) is 9.44. The minimum absolute atomic E-state index is 0.0746. The summed E-state index contributed by atoms with van der Waals surface area (Å²) in [5.74, 6) is -4.32. The summed E-state index contributed by atoms with van der Waals surface area (Å²) in [5, 5.41) is 69.6. The summed E-state index contributed by atoms with van der Waals surface area (Å²) in [6, 6.07) is 1.57. The van der Waals surface area contributed by atoms with Crippen molar-refractivity contribution in [3.8, 4) is 0 Å². The molecular formula is C26H38O11. The van der Waals surface area contributed by atoms with Gasteiger partial charge in [-0.15, -0.1) is 0 Å². The minimum Gasteiger partial charge on any atom is -0.472 e. The van der Waals surface area contributed by atoms with Crippen molar-refractivity contribution in [1.82, 2.24) is 0 Å². The second-order valence-corrected chi connectivity index (χ2v) is 12.2. The molecule has 1 aliphatic heterocycles. The summed E-state index contributed by atoms with van der Waals surface area (Å²) >= 11 is 0. The maximum absolute atomic E-state index is 12.8. The van der Waals surface area contributed by atoms with E-state index in [9.17, 15) is 40.2 Å². The van der Waals surface area contributed by atoms with Crippen LogP contribution in [0.3, 0.4) is 0 Å². The fraction of sp³-hybridized carbons (Fsp3) is 0.769. The van der Waals surface area contributed by atoms with E-state index in [-0.39, 0.29) is 19.3 Å². The van der Waals surface area contributed by atoms with E-state index >= 15 is 0 Å². The summed E-state index contributed by atoms with van der Waals surface area (Å²) < 4.78 is 15.6. The predicted molar refractivity (Wildman–Crippen MR) is 125 cm³/mol. The largest absolute Gasteiger partial charge is 0.472 e. The summed E-state index contributed by atoms with van der Waals surface area (Å²) in [5.41, 5.74) is -8.71. The number of aliphatic hydroxyl groups is 6. The summed E-state index contributed by atoms with van der Waals surface area (Å²) in [7, 11) is 1.08. The molecule has 1 aromatic rings. The third-order valence-corrected chi connectivity index (χ3v) is 9.44. The van der Waals surface area contributed by atoms with E-state index in [1.807, 2.05) is 0 Å². The lowest BCUT2D eigenvalue weighted by Gasteiger charge is -2.70. The van der Waals surface area contributed by atoms with Crippen molar-refractivity contribution in [2.75, 3.05) is 7.11 Å². The molecule has 208 valence electrons. The zero-order valence-electron chi connectivity index (χ0n) is 21.7. The number of ether oxygens (including phenoxy) is 2. The number of hydrogen-bond donors (Lipinski definition) is 6. The molecule has 37 heavy (non-hydrogen) atoms. The number of carbonyl (C=O) groups is 2. The molecule has 11 nitrogen and oxygen atoms in total. The van der Waals surface area contributed by atoms with Crippen LogP contribution in [0.5, 0.6) is 0 Å². The molecule has 0 unspecified atom stereocenters. The van der Waals surface area contributed by atoms with E-state index in [2.05, 4.69) is 0 Å². The second-order valence-electron chi connectivity index (χ2n) is 12.2. The van der Waals surface area contributed by atoms with E-state index < -0.39 is 82.2 Å². The normalized spacial score (nSPS) is 44.8. The summed E-state index contributed by atoms with van der Waals surface area (Å²) in [4.78, 5) is 25.4. The summed E-state index contributed by atoms with van der Waals surface area (Å²) in [6.07, 6.45) is -4.63. The molecule has 2 heterocycles. The Bertz CT molecular complexity index is 1030. The molecule has 11 heteroatoms. The topological polar surface area (TPSA) is 187 Å². The van der Waals surface area contributed by atoms with Crippen LogP contribution in [0.1, 0.15) is 65.0 Å². The van der Waals surface area contributed by atoms with Crippen LogP contribution >= 0.6 is 0 Å². The molecule has 0 amide bonds. The van der Waals surface area contributed by atoms with Gasteiger partial charge in [-0.05, 0) is 45.1 Å². The van der Waals surface area contributed by atoms with Crippen molar-refractivity contribution >= 4 is 11.9 Å².